The van der Waals surface area contributed by atoms with Gasteiger partial charge in [-0.25, -0.2) is 9.37 Å². The molecule has 0 aliphatic carbocycles. The van der Waals surface area contributed by atoms with Crippen molar-refractivity contribution < 1.29 is 15.3 Å². The lowest BCUT2D eigenvalue weighted by Gasteiger charge is -2.12. The van der Waals surface area contributed by atoms with Gasteiger partial charge in [-0.2, -0.15) is 0 Å². The summed E-state index contributed by atoms with van der Waals surface area (Å²) in [7, 11) is 0. The van der Waals surface area contributed by atoms with Crippen molar-refractivity contribution in [3.63, 3.8) is 0 Å². The Balaban J connectivity index is 0.00000245. The predicted molar refractivity (Wildman–Crippen MR) is 119 cm³/mol. The van der Waals surface area contributed by atoms with E-state index in [4.69, 9.17) is 4.74 Å². The number of hydrogen-bond acceptors (Lipinski definition) is 4. The minimum absolute atomic E-state index is 0. The third-order valence-electron chi connectivity index (χ3n) is 5.41. The zero-order chi connectivity index (χ0) is 21.2. The van der Waals surface area contributed by atoms with Crippen LogP contribution in [0.5, 0.6) is 5.75 Å². The van der Waals surface area contributed by atoms with Gasteiger partial charge < -0.3 is 9.30 Å². The number of amides is 1. The Morgan fingerprint density at radius 2 is 1.97 bits per heavy atom. The molecule has 31 heavy (non-hydrogen) atoms. The summed E-state index contributed by atoms with van der Waals surface area (Å²) in [6.45, 7) is 1.20. The van der Waals surface area contributed by atoms with Crippen molar-refractivity contribution >= 4 is 22.9 Å². The zero-order valence-corrected chi connectivity index (χ0v) is 16.8. The number of rotatable bonds is 0. The Kier molecular flexibility index (Phi) is 5.08. The average molecular weight is 418 g/mol. The number of carbonyl (C=O) groups is 1. The number of para-hydroxylation sites is 2. The van der Waals surface area contributed by atoms with E-state index in [9.17, 15) is 9.18 Å². The number of imidazole rings is 1. The number of carbonyl (C=O) groups excluding carboxylic acids is 1. The lowest BCUT2D eigenvalue weighted by molar-refractivity contribution is 0.102. The fourth-order valence-corrected chi connectivity index (χ4v) is 3.85. The summed E-state index contributed by atoms with van der Waals surface area (Å²) < 4.78 is 21.8. The Bertz CT molecular complexity index is 1270. The van der Waals surface area contributed by atoms with Crippen LogP contribution in [-0.2, 0) is 6.54 Å². The normalized spacial score (nSPS) is 14.5. The van der Waals surface area contributed by atoms with E-state index < -0.39 is 0 Å². The SMILES string of the molecule is O=C1Nc2nc3ccccc3n2CCCCCOc2cc(F)ccc2-c2cc1ccn2.[HH]. The smallest absolute Gasteiger partial charge is 0.258 e. The summed E-state index contributed by atoms with van der Waals surface area (Å²) in [6, 6.07) is 15.5. The molecule has 7 heteroatoms. The lowest BCUT2D eigenvalue weighted by atomic mass is 10.1. The van der Waals surface area contributed by atoms with Gasteiger partial charge in [0, 0.05) is 31.4 Å². The Morgan fingerprint density at radius 3 is 2.90 bits per heavy atom. The number of nitrogens with zero attached hydrogens (tertiary/aromatic N) is 3. The van der Waals surface area contributed by atoms with Crippen LogP contribution in [-0.4, -0.2) is 27.0 Å². The number of aromatic nitrogens is 3. The largest absolute Gasteiger partial charge is 0.493 e. The standard InChI is InChI=1S/C24H21FN4O2.H2/c25-17-8-9-18-20-14-16(10-11-26-20)23(30)28-24-27-19-6-2-3-7-21(19)29(24)12-4-1-5-13-31-22(18)15-17;/h2-3,6-11,14-15H,1,4-5,12-13H2,(H,27,28,30);1H. The molecule has 4 aromatic rings. The van der Waals surface area contributed by atoms with Gasteiger partial charge in [0.05, 0.1) is 23.3 Å². The van der Waals surface area contributed by atoms with E-state index in [0.29, 0.717) is 35.1 Å². The maximum atomic E-state index is 13.8. The molecule has 0 spiro atoms. The van der Waals surface area contributed by atoms with E-state index in [1.165, 1.54) is 12.1 Å². The summed E-state index contributed by atoms with van der Waals surface area (Å²) in [6.07, 6.45) is 4.23. The van der Waals surface area contributed by atoms with Crippen molar-refractivity contribution in [2.75, 3.05) is 11.9 Å². The number of pyridine rings is 1. The first kappa shape index (κ1) is 19.2. The molecule has 5 rings (SSSR count). The fourth-order valence-electron chi connectivity index (χ4n) is 3.85. The number of halogens is 1. The van der Waals surface area contributed by atoms with Gasteiger partial charge in [0.2, 0.25) is 5.95 Å². The molecule has 0 fully saturated rings. The highest BCUT2D eigenvalue weighted by atomic mass is 19.1. The van der Waals surface area contributed by atoms with E-state index in [1.807, 2.05) is 28.8 Å². The monoisotopic (exact) mass is 418 g/mol. The molecule has 158 valence electrons. The van der Waals surface area contributed by atoms with Crippen LogP contribution in [0.1, 0.15) is 31.0 Å². The van der Waals surface area contributed by atoms with Crippen molar-refractivity contribution in [2.24, 2.45) is 0 Å². The van der Waals surface area contributed by atoms with Gasteiger partial charge in [-0.15, -0.1) is 0 Å². The Labute approximate surface area is 180 Å². The van der Waals surface area contributed by atoms with Crippen molar-refractivity contribution in [3.05, 3.63) is 72.2 Å². The van der Waals surface area contributed by atoms with Crippen LogP contribution in [0.3, 0.4) is 0 Å². The molecule has 1 N–H and O–H groups in total. The number of nitrogens with one attached hydrogen (secondary N) is 1. The lowest BCUT2D eigenvalue weighted by Crippen LogP contribution is -2.16. The van der Waals surface area contributed by atoms with Gasteiger partial charge in [-0.05, 0) is 55.7 Å². The van der Waals surface area contributed by atoms with Gasteiger partial charge in [-0.3, -0.25) is 15.1 Å². The molecule has 1 aliphatic rings. The molecule has 2 aromatic heterocycles. The molecule has 0 saturated heterocycles. The van der Waals surface area contributed by atoms with Gasteiger partial charge in [0.25, 0.3) is 5.91 Å². The first-order valence-corrected chi connectivity index (χ1v) is 10.3. The van der Waals surface area contributed by atoms with Crippen molar-refractivity contribution in [3.8, 4) is 17.0 Å². The van der Waals surface area contributed by atoms with Gasteiger partial charge in [-0.1, -0.05) is 12.1 Å². The minimum atomic E-state index is -0.372. The summed E-state index contributed by atoms with van der Waals surface area (Å²) in [5.41, 5.74) is 3.46. The number of ether oxygens (including phenoxy) is 1. The first-order valence-electron chi connectivity index (χ1n) is 10.3. The zero-order valence-electron chi connectivity index (χ0n) is 16.8. The minimum Gasteiger partial charge on any atom is -0.493 e. The van der Waals surface area contributed by atoms with E-state index in [2.05, 4.69) is 15.3 Å². The second-order valence-electron chi connectivity index (χ2n) is 7.51. The van der Waals surface area contributed by atoms with Crippen LogP contribution in [0.4, 0.5) is 10.3 Å². The molecule has 0 radical (unpaired) electrons. The summed E-state index contributed by atoms with van der Waals surface area (Å²) >= 11 is 0. The molecule has 0 saturated carbocycles. The van der Waals surface area contributed by atoms with E-state index in [-0.39, 0.29) is 13.2 Å². The van der Waals surface area contributed by atoms with Crippen molar-refractivity contribution in [2.45, 2.75) is 25.8 Å². The number of hydrogen-bond donors (Lipinski definition) is 1. The first-order chi connectivity index (χ1) is 15.2. The third-order valence-corrected chi connectivity index (χ3v) is 5.41. The quantitative estimate of drug-likeness (QED) is 0.421. The maximum absolute atomic E-state index is 13.8. The third kappa shape index (κ3) is 3.86. The molecular formula is C24H23FN4O2. The number of anilines is 1. The highest BCUT2D eigenvalue weighted by Crippen LogP contribution is 2.31. The van der Waals surface area contributed by atoms with Crippen molar-refractivity contribution in [1.29, 1.82) is 0 Å². The van der Waals surface area contributed by atoms with Gasteiger partial charge in [0.1, 0.15) is 11.6 Å². The maximum Gasteiger partial charge on any atom is 0.258 e. The highest BCUT2D eigenvalue weighted by Gasteiger charge is 2.17. The van der Waals surface area contributed by atoms with Crippen LogP contribution in [0.25, 0.3) is 22.3 Å². The van der Waals surface area contributed by atoms with Gasteiger partial charge in [0.15, 0.2) is 0 Å². The number of benzene rings is 2. The van der Waals surface area contributed by atoms with E-state index >= 15 is 0 Å². The molecule has 6 nitrogen and oxygen atoms in total. The number of fused-ring (bicyclic) bond motifs is 7. The predicted octanol–water partition coefficient (Wildman–Crippen LogP) is 5.30. The average Bonchev–Trinajstić information content (AvgIpc) is 3.12. The summed E-state index contributed by atoms with van der Waals surface area (Å²) in [5, 5.41) is 2.96. The van der Waals surface area contributed by atoms with E-state index in [1.54, 1.807) is 24.4 Å². The second-order valence-corrected chi connectivity index (χ2v) is 7.51. The second kappa shape index (κ2) is 8.18. The van der Waals surface area contributed by atoms with E-state index in [0.717, 1.165) is 36.8 Å². The summed E-state index contributed by atoms with van der Waals surface area (Å²) in [4.78, 5) is 22.0. The van der Waals surface area contributed by atoms with Gasteiger partial charge >= 0.3 is 0 Å². The fraction of sp³-hybridized carbons (Fsp3) is 0.208. The summed E-state index contributed by atoms with van der Waals surface area (Å²) in [5.74, 6) is 0.305. The number of aryl methyl sites for hydroxylation is 1. The molecule has 0 unspecified atom stereocenters. The Hall–Kier alpha value is -3.74. The molecule has 1 aliphatic heterocycles. The van der Waals surface area contributed by atoms with Crippen LogP contribution in [0, 0.1) is 5.82 Å². The Morgan fingerprint density at radius 1 is 1.06 bits per heavy atom. The molecule has 3 heterocycles. The van der Waals surface area contributed by atoms with Crippen LogP contribution < -0.4 is 10.1 Å². The van der Waals surface area contributed by atoms with Crippen LogP contribution in [0.15, 0.2) is 60.8 Å². The van der Waals surface area contributed by atoms with Crippen molar-refractivity contribution in [1.82, 2.24) is 14.5 Å². The molecule has 0 atom stereocenters. The molecule has 2 bridgehead atoms. The molecule has 2 aromatic carbocycles. The van der Waals surface area contributed by atoms with Crippen LogP contribution in [0.2, 0.25) is 0 Å². The topological polar surface area (TPSA) is 69.0 Å². The van der Waals surface area contributed by atoms with Crippen LogP contribution >= 0.6 is 0 Å². The highest BCUT2D eigenvalue weighted by molar-refractivity contribution is 6.04. The molecular weight excluding hydrogens is 395 g/mol. The molecule has 1 amide bonds.